The minimum atomic E-state index is 0.678. The zero-order valence-corrected chi connectivity index (χ0v) is 6.97. The number of unbranched alkanes of at least 4 members (excludes halogenated alkanes) is 1. The van der Waals surface area contributed by atoms with Gasteiger partial charge in [-0.25, -0.2) is 0 Å². The molecule has 1 heteroatoms. The highest BCUT2D eigenvalue weighted by Crippen LogP contribution is 2.15. The van der Waals surface area contributed by atoms with Crippen LogP contribution in [0.5, 0.6) is 0 Å². The van der Waals surface area contributed by atoms with Crippen molar-refractivity contribution in [2.45, 2.75) is 38.9 Å². The zero-order valence-electron chi connectivity index (χ0n) is 6.97. The van der Waals surface area contributed by atoms with Crippen molar-refractivity contribution < 1.29 is 0 Å². The molecule has 56 valence electrons. The average molecular weight is 136 g/mol. The predicted octanol–water partition coefficient (Wildman–Crippen LogP) is 2.96. The molecule has 0 N–H and O–H groups in total. The molecule has 0 nitrogen and oxygen atoms in total. The molecule has 0 aliphatic rings. The van der Waals surface area contributed by atoms with E-state index in [2.05, 4.69) is 13.5 Å². The largest absolute Gasteiger partial charge is 0.103 e. The normalized spacial score (nSPS) is 12.9. The summed E-state index contributed by atoms with van der Waals surface area (Å²) in [5.41, 5.74) is 0. The Hall–Kier alpha value is -0.195. The number of rotatable bonds is 6. The molecule has 0 saturated heterocycles. The first kappa shape index (κ1) is 9.80. The molecule has 10 heavy (non-hydrogen) atoms. The van der Waals surface area contributed by atoms with Crippen LogP contribution < -0.4 is 0 Å². The molecule has 0 aromatic rings. The fourth-order valence-corrected chi connectivity index (χ4v) is 1.06. The van der Waals surface area contributed by atoms with Crippen molar-refractivity contribution in [2.24, 2.45) is 5.92 Å². The SMILES string of the molecule is [B]CC(CC=C)CCCC. The second kappa shape index (κ2) is 6.92. The van der Waals surface area contributed by atoms with Gasteiger partial charge in [0.15, 0.2) is 0 Å². The van der Waals surface area contributed by atoms with Gasteiger partial charge < -0.3 is 0 Å². The lowest BCUT2D eigenvalue weighted by Crippen LogP contribution is -1.97. The summed E-state index contributed by atoms with van der Waals surface area (Å²) in [4.78, 5) is 0. The first-order valence-electron chi connectivity index (χ1n) is 4.16. The summed E-state index contributed by atoms with van der Waals surface area (Å²) >= 11 is 0. The summed E-state index contributed by atoms with van der Waals surface area (Å²) in [6, 6.07) is 0. The van der Waals surface area contributed by atoms with E-state index in [1.54, 1.807) is 0 Å². The van der Waals surface area contributed by atoms with Crippen molar-refractivity contribution in [3.8, 4) is 0 Å². The van der Waals surface area contributed by atoms with E-state index in [1.807, 2.05) is 6.08 Å². The Morgan fingerprint density at radius 1 is 1.60 bits per heavy atom. The number of allylic oxidation sites excluding steroid dienone is 1. The molecular weight excluding hydrogens is 119 g/mol. The van der Waals surface area contributed by atoms with Crippen molar-refractivity contribution in [3.05, 3.63) is 12.7 Å². The van der Waals surface area contributed by atoms with Crippen LogP contribution in [0.3, 0.4) is 0 Å². The van der Waals surface area contributed by atoms with E-state index in [4.69, 9.17) is 7.85 Å². The van der Waals surface area contributed by atoms with Crippen LogP contribution >= 0.6 is 0 Å². The molecule has 0 rings (SSSR count). The highest BCUT2D eigenvalue weighted by Gasteiger charge is 2.01. The molecule has 1 unspecified atom stereocenters. The Labute approximate surface area is 66.1 Å². The highest BCUT2D eigenvalue weighted by atomic mass is 14.0. The molecule has 0 spiro atoms. The smallest absolute Gasteiger partial charge is 0.0656 e. The third-order valence-corrected chi connectivity index (χ3v) is 1.80. The van der Waals surface area contributed by atoms with Crippen LogP contribution in [-0.4, -0.2) is 7.85 Å². The second-order valence-electron chi connectivity index (χ2n) is 2.77. The van der Waals surface area contributed by atoms with Gasteiger partial charge in [0.05, 0.1) is 7.85 Å². The first-order valence-corrected chi connectivity index (χ1v) is 4.16. The van der Waals surface area contributed by atoms with Crippen molar-refractivity contribution in [3.63, 3.8) is 0 Å². The van der Waals surface area contributed by atoms with Gasteiger partial charge in [0.2, 0.25) is 0 Å². The maximum absolute atomic E-state index is 5.55. The van der Waals surface area contributed by atoms with E-state index in [0.29, 0.717) is 5.92 Å². The molecule has 0 amide bonds. The van der Waals surface area contributed by atoms with Crippen LogP contribution in [0.2, 0.25) is 6.32 Å². The molecular formula is C9H17B. The van der Waals surface area contributed by atoms with Crippen LogP contribution in [0, 0.1) is 5.92 Å². The van der Waals surface area contributed by atoms with Gasteiger partial charge in [-0.3, -0.25) is 0 Å². The minimum absolute atomic E-state index is 0.678. The molecule has 0 fully saturated rings. The number of hydrogen-bond donors (Lipinski definition) is 0. The topological polar surface area (TPSA) is 0 Å². The maximum atomic E-state index is 5.55. The predicted molar refractivity (Wildman–Crippen MR) is 48.4 cm³/mol. The van der Waals surface area contributed by atoms with Crippen molar-refractivity contribution in [1.29, 1.82) is 0 Å². The van der Waals surface area contributed by atoms with E-state index in [0.717, 1.165) is 12.7 Å². The third kappa shape index (κ3) is 4.66. The van der Waals surface area contributed by atoms with Crippen LogP contribution in [-0.2, 0) is 0 Å². The zero-order chi connectivity index (χ0) is 7.82. The fourth-order valence-electron chi connectivity index (χ4n) is 1.06. The van der Waals surface area contributed by atoms with Gasteiger partial charge >= 0.3 is 0 Å². The summed E-state index contributed by atoms with van der Waals surface area (Å²) in [5.74, 6) is 0.678. The Morgan fingerprint density at radius 2 is 2.30 bits per heavy atom. The Morgan fingerprint density at radius 3 is 2.70 bits per heavy atom. The van der Waals surface area contributed by atoms with Crippen LogP contribution in [0.1, 0.15) is 32.6 Å². The average Bonchev–Trinajstić information content (AvgIpc) is 1.98. The van der Waals surface area contributed by atoms with Gasteiger partial charge in [0.1, 0.15) is 0 Å². The Kier molecular flexibility index (Phi) is 6.78. The van der Waals surface area contributed by atoms with Gasteiger partial charge in [-0.05, 0) is 12.3 Å². The summed E-state index contributed by atoms with van der Waals surface area (Å²) in [6.45, 7) is 5.91. The summed E-state index contributed by atoms with van der Waals surface area (Å²) in [6.07, 6.45) is 7.69. The molecule has 0 aromatic carbocycles. The van der Waals surface area contributed by atoms with Crippen LogP contribution in [0.4, 0.5) is 0 Å². The van der Waals surface area contributed by atoms with E-state index in [1.165, 1.54) is 19.3 Å². The van der Waals surface area contributed by atoms with Crippen LogP contribution in [0.25, 0.3) is 0 Å². The van der Waals surface area contributed by atoms with E-state index in [-0.39, 0.29) is 0 Å². The number of hydrogen-bond acceptors (Lipinski definition) is 0. The molecule has 0 aliphatic heterocycles. The minimum Gasteiger partial charge on any atom is -0.103 e. The van der Waals surface area contributed by atoms with Crippen LogP contribution in [0.15, 0.2) is 12.7 Å². The fraction of sp³-hybridized carbons (Fsp3) is 0.778. The van der Waals surface area contributed by atoms with Gasteiger partial charge in [0, 0.05) is 0 Å². The summed E-state index contributed by atoms with van der Waals surface area (Å²) in [5, 5.41) is 0. The van der Waals surface area contributed by atoms with E-state index in [9.17, 15) is 0 Å². The summed E-state index contributed by atoms with van der Waals surface area (Å²) < 4.78 is 0. The monoisotopic (exact) mass is 136 g/mol. The van der Waals surface area contributed by atoms with Gasteiger partial charge in [-0.1, -0.05) is 38.6 Å². The molecule has 2 radical (unpaired) electrons. The van der Waals surface area contributed by atoms with E-state index >= 15 is 0 Å². The summed E-state index contributed by atoms with van der Waals surface area (Å²) in [7, 11) is 5.55. The molecule has 1 atom stereocenters. The van der Waals surface area contributed by atoms with Crippen molar-refractivity contribution >= 4 is 7.85 Å². The lowest BCUT2D eigenvalue weighted by molar-refractivity contribution is 0.512. The lowest BCUT2D eigenvalue weighted by atomic mass is 9.85. The molecule has 0 heterocycles. The lowest BCUT2D eigenvalue weighted by Gasteiger charge is -2.10. The van der Waals surface area contributed by atoms with Gasteiger partial charge in [-0.15, -0.1) is 6.58 Å². The first-order chi connectivity index (χ1) is 4.85. The van der Waals surface area contributed by atoms with E-state index < -0.39 is 0 Å². The van der Waals surface area contributed by atoms with Gasteiger partial charge in [-0.2, -0.15) is 0 Å². The molecule has 0 aliphatic carbocycles. The Balaban J connectivity index is 3.29. The quantitative estimate of drug-likeness (QED) is 0.389. The standard InChI is InChI=1S/C9H17B/c1-3-5-7-9(8-10)6-4-2/h4,9H,2-3,5-8H2,1H3. The molecule has 0 aromatic heterocycles. The van der Waals surface area contributed by atoms with Gasteiger partial charge in [0.25, 0.3) is 0 Å². The molecule has 0 saturated carbocycles. The maximum Gasteiger partial charge on any atom is 0.0656 e. The van der Waals surface area contributed by atoms with Crippen molar-refractivity contribution in [2.75, 3.05) is 0 Å². The second-order valence-corrected chi connectivity index (χ2v) is 2.77. The van der Waals surface area contributed by atoms with Crippen molar-refractivity contribution in [1.82, 2.24) is 0 Å². The molecule has 0 bridgehead atoms. The highest BCUT2D eigenvalue weighted by molar-refractivity contribution is 6.08. The third-order valence-electron chi connectivity index (χ3n) is 1.80. The Bertz CT molecular complexity index is 78.8.